The minimum absolute atomic E-state index is 0.957. The summed E-state index contributed by atoms with van der Waals surface area (Å²) < 4.78 is 0. The first-order valence-corrected chi connectivity index (χ1v) is 11.3. The van der Waals surface area contributed by atoms with Gasteiger partial charge < -0.3 is 14.7 Å². The normalized spacial score (nSPS) is 38.8. The molecule has 3 nitrogen and oxygen atoms in total. The predicted octanol–water partition coefficient (Wildman–Crippen LogP) is -0.404. The van der Waals surface area contributed by atoms with Crippen LogP contribution in [0, 0.1) is 5.92 Å². The molecular formula is C23H40N3+3. The molecule has 2 heterocycles. The molecule has 1 aliphatic carbocycles. The predicted molar refractivity (Wildman–Crippen MR) is 107 cm³/mol. The average Bonchev–Trinajstić information content (AvgIpc) is 2.70. The van der Waals surface area contributed by atoms with Crippen molar-refractivity contribution in [1.82, 2.24) is 0 Å². The Labute approximate surface area is 160 Å². The van der Waals surface area contributed by atoms with Crippen LogP contribution in [0.3, 0.4) is 0 Å². The smallest absolute Gasteiger partial charge is 0.127 e. The van der Waals surface area contributed by atoms with Crippen LogP contribution in [0.2, 0.25) is 0 Å². The van der Waals surface area contributed by atoms with Gasteiger partial charge in [0, 0.05) is 24.8 Å². The van der Waals surface area contributed by atoms with Gasteiger partial charge in [-0.15, -0.1) is 0 Å². The van der Waals surface area contributed by atoms with Crippen LogP contribution in [0.15, 0.2) is 30.3 Å². The average molecular weight is 359 g/mol. The van der Waals surface area contributed by atoms with Crippen molar-refractivity contribution >= 4 is 0 Å². The minimum atomic E-state index is 0.957. The number of nitrogens with one attached hydrogen (secondary N) is 3. The zero-order chi connectivity index (χ0) is 17.8. The molecule has 3 N–H and O–H groups in total. The summed E-state index contributed by atoms with van der Waals surface area (Å²) >= 11 is 0. The van der Waals surface area contributed by atoms with Crippen LogP contribution in [0.1, 0.15) is 51.0 Å². The largest absolute Gasteiger partial charge is 0.332 e. The van der Waals surface area contributed by atoms with E-state index in [9.17, 15) is 0 Å². The fraction of sp³-hybridized carbons (Fsp3) is 0.739. The van der Waals surface area contributed by atoms with Gasteiger partial charge in [-0.2, -0.15) is 0 Å². The number of likely N-dealkylation sites (tertiary alicyclic amines) is 1. The lowest BCUT2D eigenvalue weighted by Crippen LogP contribution is -3.30. The van der Waals surface area contributed by atoms with Crippen molar-refractivity contribution in [3.05, 3.63) is 35.9 Å². The molecule has 0 spiro atoms. The van der Waals surface area contributed by atoms with Gasteiger partial charge in [0.1, 0.15) is 32.7 Å². The number of hydrogen-bond acceptors (Lipinski definition) is 0. The van der Waals surface area contributed by atoms with Crippen molar-refractivity contribution in [2.75, 3.05) is 39.3 Å². The Morgan fingerprint density at radius 3 is 2.15 bits per heavy atom. The molecule has 1 aromatic carbocycles. The molecule has 144 valence electrons. The first-order valence-electron chi connectivity index (χ1n) is 11.3. The Bertz CT molecular complexity index is 530. The van der Waals surface area contributed by atoms with E-state index in [1.54, 1.807) is 4.90 Å². The van der Waals surface area contributed by atoms with Gasteiger partial charge in [-0.25, -0.2) is 0 Å². The van der Waals surface area contributed by atoms with Gasteiger partial charge in [-0.3, -0.25) is 0 Å². The standard InChI is InChI=1S/C23H37N3/c1-20-6-5-9-23(18-20)25-12-10-22(11-13-25)26-16-14-24(15-17-26)19-21-7-3-2-4-8-21/h2-4,7-8,20,22-23H,5-6,9-19H2,1H3/p+3/t20-,23-/m1/s1. The summed E-state index contributed by atoms with van der Waals surface area (Å²) in [5.74, 6) is 0.977. The number of benzene rings is 1. The Kier molecular flexibility index (Phi) is 6.29. The lowest BCUT2D eigenvalue weighted by Gasteiger charge is -2.41. The van der Waals surface area contributed by atoms with E-state index < -0.39 is 0 Å². The second kappa shape index (κ2) is 8.86. The van der Waals surface area contributed by atoms with Crippen LogP contribution in [-0.4, -0.2) is 51.4 Å². The third-order valence-electron chi connectivity index (χ3n) is 7.62. The molecule has 2 aliphatic heterocycles. The van der Waals surface area contributed by atoms with Crippen LogP contribution in [0.5, 0.6) is 0 Å². The molecule has 4 rings (SSSR count). The molecule has 1 saturated carbocycles. The molecule has 2 saturated heterocycles. The highest BCUT2D eigenvalue weighted by Crippen LogP contribution is 2.22. The molecule has 2 atom stereocenters. The number of hydrogen-bond donors (Lipinski definition) is 3. The molecule has 0 amide bonds. The van der Waals surface area contributed by atoms with E-state index in [4.69, 9.17) is 0 Å². The van der Waals surface area contributed by atoms with Crippen LogP contribution in [0.25, 0.3) is 0 Å². The second-order valence-corrected chi connectivity index (χ2v) is 9.47. The Balaban J connectivity index is 1.20. The Hall–Kier alpha value is -0.900. The van der Waals surface area contributed by atoms with Gasteiger partial charge in [0.15, 0.2) is 0 Å². The molecule has 26 heavy (non-hydrogen) atoms. The van der Waals surface area contributed by atoms with Crippen molar-refractivity contribution in [2.24, 2.45) is 5.92 Å². The Morgan fingerprint density at radius 1 is 0.769 bits per heavy atom. The van der Waals surface area contributed by atoms with Crippen molar-refractivity contribution in [3.8, 4) is 0 Å². The van der Waals surface area contributed by atoms with Gasteiger partial charge in [0.2, 0.25) is 0 Å². The van der Waals surface area contributed by atoms with E-state index >= 15 is 0 Å². The summed E-state index contributed by atoms with van der Waals surface area (Å²) in [4.78, 5) is 5.68. The lowest BCUT2D eigenvalue weighted by atomic mass is 9.85. The fourth-order valence-electron chi connectivity index (χ4n) is 6.00. The summed E-state index contributed by atoms with van der Waals surface area (Å²) in [6.07, 6.45) is 8.91. The van der Waals surface area contributed by atoms with Crippen molar-refractivity contribution in [2.45, 2.75) is 64.1 Å². The SMILES string of the molecule is C[C@@H]1CCC[C@@H]([NH+]2CCC([NH+]3CC[NH+](Cc4ccccc4)CC3)CC2)C1. The summed E-state index contributed by atoms with van der Waals surface area (Å²) in [7, 11) is 0. The van der Waals surface area contributed by atoms with Gasteiger partial charge in [0.25, 0.3) is 0 Å². The number of rotatable bonds is 4. The van der Waals surface area contributed by atoms with Gasteiger partial charge >= 0.3 is 0 Å². The van der Waals surface area contributed by atoms with Gasteiger partial charge in [-0.05, 0) is 18.8 Å². The maximum absolute atomic E-state index is 2.47. The molecule has 0 radical (unpaired) electrons. The monoisotopic (exact) mass is 358 g/mol. The first-order chi connectivity index (χ1) is 12.8. The van der Waals surface area contributed by atoms with Crippen LogP contribution >= 0.6 is 0 Å². The summed E-state index contributed by atoms with van der Waals surface area (Å²) in [5.41, 5.74) is 1.50. The van der Waals surface area contributed by atoms with E-state index in [-0.39, 0.29) is 0 Å². The zero-order valence-corrected chi connectivity index (χ0v) is 16.8. The maximum Gasteiger partial charge on any atom is 0.127 e. The maximum atomic E-state index is 2.47. The quantitative estimate of drug-likeness (QED) is 0.648. The van der Waals surface area contributed by atoms with Crippen molar-refractivity contribution in [3.63, 3.8) is 0 Å². The highest BCUT2D eigenvalue weighted by molar-refractivity contribution is 5.13. The number of quaternary nitrogens is 3. The summed E-state index contributed by atoms with van der Waals surface area (Å²) in [6, 6.07) is 13.0. The first kappa shape index (κ1) is 18.5. The molecule has 3 aliphatic rings. The number of piperidine rings is 1. The van der Waals surface area contributed by atoms with E-state index in [2.05, 4.69) is 37.3 Å². The third-order valence-corrected chi connectivity index (χ3v) is 7.62. The van der Waals surface area contributed by atoms with Crippen LogP contribution in [-0.2, 0) is 6.54 Å². The Morgan fingerprint density at radius 2 is 1.46 bits per heavy atom. The van der Waals surface area contributed by atoms with E-state index in [1.807, 2.05) is 9.80 Å². The van der Waals surface area contributed by atoms with E-state index in [0.717, 1.165) is 18.0 Å². The number of piperazine rings is 1. The van der Waals surface area contributed by atoms with Gasteiger partial charge in [-0.1, -0.05) is 43.7 Å². The molecule has 0 bridgehead atoms. The third kappa shape index (κ3) is 4.68. The zero-order valence-electron chi connectivity index (χ0n) is 16.8. The second-order valence-electron chi connectivity index (χ2n) is 9.47. The molecular weight excluding hydrogens is 318 g/mol. The summed E-state index contributed by atoms with van der Waals surface area (Å²) in [6.45, 7) is 12.1. The van der Waals surface area contributed by atoms with E-state index in [0.29, 0.717) is 0 Å². The van der Waals surface area contributed by atoms with Gasteiger partial charge in [0.05, 0.1) is 25.2 Å². The fourth-order valence-corrected chi connectivity index (χ4v) is 6.00. The topological polar surface area (TPSA) is 13.3 Å². The molecule has 3 heteroatoms. The van der Waals surface area contributed by atoms with Crippen LogP contribution in [0.4, 0.5) is 0 Å². The minimum Gasteiger partial charge on any atom is -0.332 e. The van der Waals surface area contributed by atoms with Crippen molar-refractivity contribution < 1.29 is 14.7 Å². The van der Waals surface area contributed by atoms with Crippen LogP contribution < -0.4 is 14.7 Å². The molecule has 0 unspecified atom stereocenters. The summed E-state index contributed by atoms with van der Waals surface area (Å²) in [5, 5.41) is 0. The molecule has 3 fully saturated rings. The molecule has 0 aromatic heterocycles. The van der Waals surface area contributed by atoms with Crippen molar-refractivity contribution in [1.29, 1.82) is 0 Å². The van der Waals surface area contributed by atoms with E-state index in [1.165, 1.54) is 89.9 Å². The highest BCUT2D eigenvalue weighted by atomic mass is 15.3. The lowest BCUT2D eigenvalue weighted by molar-refractivity contribution is -1.04. The molecule has 1 aromatic rings. The highest BCUT2D eigenvalue weighted by Gasteiger charge is 2.36.